The lowest BCUT2D eigenvalue weighted by Crippen LogP contribution is -2.46. The average molecular weight is 661 g/mol. The fourth-order valence-electron chi connectivity index (χ4n) is 5.06. The van der Waals surface area contributed by atoms with Crippen molar-refractivity contribution in [3.05, 3.63) is 24.3 Å². The van der Waals surface area contributed by atoms with Crippen LogP contribution in [0.15, 0.2) is 24.3 Å². The Labute approximate surface area is 275 Å². The highest BCUT2D eigenvalue weighted by Gasteiger charge is 2.27. The smallest absolute Gasteiger partial charge is 0.393 e. The first-order valence-electron chi connectivity index (χ1n) is 18.0. The highest BCUT2D eigenvalue weighted by atomic mass is 31.2. The summed E-state index contributed by atoms with van der Waals surface area (Å²) in [7, 11) is -4.39. The Hall–Kier alpha value is -1.06. The van der Waals surface area contributed by atoms with Gasteiger partial charge in [0.25, 0.3) is 0 Å². The summed E-state index contributed by atoms with van der Waals surface area (Å²) in [6, 6.07) is -0.986. The third-order valence-electron chi connectivity index (χ3n) is 7.83. The van der Waals surface area contributed by atoms with Crippen LogP contribution in [0.3, 0.4) is 0 Å². The van der Waals surface area contributed by atoms with E-state index in [1.54, 1.807) is 6.08 Å². The fourth-order valence-corrected chi connectivity index (χ4v) is 5.82. The van der Waals surface area contributed by atoms with Gasteiger partial charge >= 0.3 is 7.82 Å². The molecule has 4 atom stereocenters. The number of amides is 1. The van der Waals surface area contributed by atoms with E-state index in [2.05, 4.69) is 31.3 Å². The molecule has 0 bridgehead atoms. The third-order valence-corrected chi connectivity index (χ3v) is 8.81. The van der Waals surface area contributed by atoms with Crippen LogP contribution >= 0.6 is 7.82 Å². The predicted molar refractivity (Wildman–Crippen MR) is 186 cm³/mol. The quantitative estimate of drug-likeness (QED) is 0.0270. The lowest BCUT2D eigenvalue weighted by Gasteiger charge is -2.24. The van der Waals surface area contributed by atoms with E-state index in [1.165, 1.54) is 89.9 Å². The van der Waals surface area contributed by atoms with Crippen LogP contribution in [0.4, 0.5) is 0 Å². The molecule has 0 aliphatic rings. The molecular weight excluding hydrogens is 591 g/mol. The van der Waals surface area contributed by atoms with Gasteiger partial charge in [-0.15, -0.1) is 0 Å². The minimum Gasteiger partial charge on any atom is -0.393 e. The van der Waals surface area contributed by atoms with Crippen LogP contribution in [0, 0.1) is 0 Å². The van der Waals surface area contributed by atoms with Gasteiger partial charge in [-0.25, -0.2) is 4.57 Å². The van der Waals surface area contributed by atoms with Gasteiger partial charge in [-0.2, -0.15) is 0 Å². The molecule has 0 aromatic carbocycles. The molecule has 266 valence electrons. The number of hydrogen-bond donors (Lipinski definition) is 5. The molecule has 0 aromatic heterocycles. The number of nitrogens with one attached hydrogen (secondary N) is 1. The van der Waals surface area contributed by atoms with Crippen molar-refractivity contribution in [3.63, 3.8) is 0 Å². The molecule has 0 heterocycles. The van der Waals surface area contributed by atoms with E-state index < -0.39 is 38.6 Å². The Morgan fingerprint density at radius 1 is 0.756 bits per heavy atom. The van der Waals surface area contributed by atoms with Gasteiger partial charge in [0.15, 0.2) is 0 Å². The largest absolute Gasteiger partial charge is 0.472 e. The number of carbonyl (C=O) groups is 1. The summed E-state index contributed by atoms with van der Waals surface area (Å²) in [5, 5.41) is 23.8. The molecule has 9 nitrogen and oxygen atoms in total. The van der Waals surface area contributed by atoms with E-state index in [4.69, 9.17) is 14.8 Å². The zero-order valence-electron chi connectivity index (χ0n) is 28.7. The maximum Gasteiger partial charge on any atom is 0.472 e. The van der Waals surface area contributed by atoms with E-state index in [0.29, 0.717) is 6.42 Å². The Bertz CT molecular complexity index is 781. The molecule has 4 unspecified atom stereocenters. The predicted octanol–water partition coefficient (Wildman–Crippen LogP) is 8.02. The van der Waals surface area contributed by atoms with Crippen molar-refractivity contribution in [2.24, 2.45) is 5.73 Å². The van der Waals surface area contributed by atoms with E-state index in [9.17, 15) is 24.5 Å². The number of allylic oxidation sites excluding steroid dienone is 3. The van der Waals surface area contributed by atoms with Crippen molar-refractivity contribution in [1.29, 1.82) is 0 Å². The van der Waals surface area contributed by atoms with Gasteiger partial charge in [-0.05, 0) is 44.9 Å². The maximum absolute atomic E-state index is 12.7. The van der Waals surface area contributed by atoms with E-state index in [1.807, 2.05) is 6.08 Å². The molecule has 0 aromatic rings. The molecule has 0 aliphatic carbocycles. The average Bonchev–Trinajstić information content (AvgIpc) is 3.01. The molecule has 6 N–H and O–H groups in total. The molecule has 0 saturated heterocycles. The zero-order valence-corrected chi connectivity index (χ0v) is 29.6. The van der Waals surface area contributed by atoms with Gasteiger partial charge in [0.1, 0.15) is 0 Å². The Morgan fingerprint density at radius 2 is 1.24 bits per heavy atom. The molecule has 0 rings (SSSR count). The van der Waals surface area contributed by atoms with E-state index in [-0.39, 0.29) is 19.6 Å². The van der Waals surface area contributed by atoms with Crippen molar-refractivity contribution in [2.45, 2.75) is 173 Å². The van der Waals surface area contributed by atoms with E-state index >= 15 is 0 Å². The first-order chi connectivity index (χ1) is 21.8. The summed E-state index contributed by atoms with van der Waals surface area (Å²) in [5.41, 5.74) is 5.33. The number of aliphatic hydroxyl groups excluding tert-OH is 2. The van der Waals surface area contributed by atoms with Crippen LogP contribution in [0.25, 0.3) is 0 Å². The SMILES string of the molecule is CCCCCCCC/C=C\CCCC(O)CC(=O)NC(COP(=O)(O)OCCN)C(O)/C=C/CCCCCCCCCCCC. The Kier molecular flexibility index (Phi) is 30.8. The normalized spacial score (nSPS) is 15.4. The highest BCUT2D eigenvalue weighted by molar-refractivity contribution is 7.47. The molecule has 45 heavy (non-hydrogen) atoms. The minimum atomic E-state index is -4.39. The summed E-state index contributed by atoms with van der Waals surface area (Å²) in [4.78, 5) is 22.6. The summed E-state index contributed by atoms with van der Waals surface area (Å²) in [6.07, 6.45) is 29.8. The molecule has 0 spiro atoms. The van der Waals surface area contributed by atoms with Crippen LogP contribution in [-0.4, -0.2) is 59.0 Å². The standard InChI is InChI=1S/C35H69N2O7P/c1-3-5-7-9-11-13-15-17-19-21-23-25-27-34(39)33(31-44-45(41,42)43-29-28-36)37-35(40)30-32(38)26-24-22-20-18-16-14-12-10-8-6-4-2/h18,20,25,27,32-34,38-39H,3-17,19,21-24,26,28-31,36H2,1-2H3,(H,37,40)(H,41,42)/b20-18-,27-25+. The van der Waals surface area contributed by atoms with Crippen LogP contribution in [0.5, 0.6) is 0 Å². The Balaban J connectivity index is 4.53. The number of unbranched alkanes of at least 4 members (excludes halogenated alkanes) is 17. The molecule has 0 fully saturated rings. The number of carbonyl (C=O) groups excluding carboxylic acids is 1. The molecular formula is C35H69N2O7P. The second-order valence-corrected chi connectivity index (χ2v) is 13.7. The van der Waals surface area contributed by atoms with Gasteiger partial charge in [-0.3, -0.25) is 13.8 Å². The second kappa shape index (κ2) is 31.5. The number of phosphoric acid groups is 1. The molecule has 0 saturated carbocycles. The fraction of sp³-hybridized carbons (Fsp3) is 0.857. The number of nitrogens with two attached hydrogens (primary N) is 1. The lowest BCUT2D eigenvalue weighted by atomic mass is 10.0. The summed E-state index contributed by atoms with van der Waals surface area (Å²) >= 11 is 0. The minimum absolute atomic E-state index is 0.0468. The third kappa shape index (κ3) is 30.0. The maximum atomic E-state index is 12.7. The monoisotopic (exact) mass is 660 g/mol. The highest BCUT2D eigenvalue weighted by Crippen LogP contribution is 2.43. The lowest BCUT2D eigenvalue weighted by molar-refractivity contribution is -0.124. The van der Waals surface area contributed by atoms with E-state index in [0.717, 1.165) is 38.5 Å². The molecule has 1 amide bonds. The first kappa shape index (κ1) is 43.9. The van der Waals surface area contributed by atoms with Gasteiger partial charge < -0.3 is 26.2 Å². The molecule has 0 radical (unpaired) electrons. The number of phosphoric ester groups is 1. The summed E-state index contributed by atoms with van der Waals surface area (Å²) < 4.78 is 21.9. The van der Waals surface area contributed by atoms with Crippen molar-refractivity contribution < 1.29 is 33.5 Å². The Morgan fingerprint density at radius 3 is 1.78 bits per heavy atom. The van der Waals surface area contributed by atoms with Crippen molar-refractivity contribution in [3.8, 4) is 0 Å². The first-order valence-corrected chi connectivity index (χ1v) is 19.5. The molecule has 0 aliphatic heterocycles. The number of aliphatic hydroxyl groups is 2. The van der Waals surface area contributed by atoms with Crippen molar-refractivity contribution in [2.75, 3.05) is 19.8 Å². The summed E-state index contributed by atoms with van der Waals surface area (Å²) in [6.45, 7) is 3.90. The van der Waals surface area contributed by atoms with Crippen LogP contribution in [0.2, 0.25) is 0 Å². The summed E-state index contributed by atoms with van der Waals surface area (Å²) in [5.74, 6) is -0.465. The van der Waals surface area contributed by atoms with Crippen molar-refractivity contribution >= 4 is 13.7 Å². The van der Waals surface area contributed by atoms with Crippen LogP contribution < -0.4 is 11.1 Å². The number of hydrogen-bond acceptors (Lipinski definition) is 7. The number of rotatable bonds is 33. The van der Waals surface area contributed by atoms with Gasteiger partial charge in [0, 0.05) is 6.54 Å². The molecule has 10 heteroatoms. The van der Waals surface area contributed by atoms with Crippen LogP contribution in [0.1, 0.15) is 155 Å². The van der Waals surface area contributed by atoms with Gasteiger partial charge in [-0.1, -0.05) is 128 Å². The van der Waals surface area contributed by atoms with Gasteiger partial charge in [0.2, 0.25) is 5.91 Å². The second-order valence-electron chi connectivity index (χ2n) is 12.3. The zero-order chi connectivity index (χ0) is 33.4. The topological polar surface area (TPSA) is 151 Å². The van der Waals surface area contributed by atoms with Crippen molar-refractivity contribution in [1.82, 2.24) is 5.32 Å². The van der Waals surface area contributed by atoms with Crippen LogP contribution in [-0.2, 0) is 18.4 Å². The van der Waals surface area contributed by atoms with Gasteiger partial charge in [0.05, 0.1) is 37.9 Å².